The topological polar surface area (TPSA) is 61.8 Å². The molecule has 1 amide bonds. The summed E-state index contributed by atoms with van der Waals surface area (Å²) in [5.41, 5.74) is 0.103. The number of nitrogens with one attached hydrogen (secondary N) is 1. The number of hydrogen-bond acceptors (Lipinski definition) is 5. The average Bonchev–Trinajstić information content (AvgIpc) is 3.41. The number of carbonyl (C=O) groups is 1. The zero-order valence-electron chi connectivity index (χ0n) is 23.1. The van der Waals surface area contributed by atoms with Crippen LogP contribution in [0, 0.1) is 17.8 Å². The van der Waals surface area contributed by atoms with Gasteiger partial charge in [0.1, 0.15) is 0 Å². The van der Waals surface area contributed by atoms with Crippen molar-refractivity contribution in [1.82, 2.24) is 10.2 Å². The molecule has 3 atom stereocenters. The number of ether oxygens (including phenoxy) is 1. The van der Waals surface area contributed by atoms with E-state index in [0.717, 1.165) is 56.7 Å². The molecule has 1 aliphatic carbocycles. The van der Waals surface area contributed by atoms with Crippen molar-refractivity contribution in [3.8, 4) is 0 Å². The van der Waals surface area contributed by atoms with Crippen molar-refractivity contribution in [1.29, 1.82) is 0 Å². The van der Waals surface area contributed by atoms with Crippen molar-refractivity contribution in [3.63, 3.8) is 0 Å². The first-order chi connectivity index (χ1) is 18.0. The first-order valence-corrected chi connectivity index (χ1v) is 15.5. The number of unbranched alkanes of at least 4 members (excludes halogenated alkanes) is 1. The van der Waals surface area contributed by atoms with E-state index in [1.807, 2.05) is 7.05 Å². The minimum Gasteiger partial charge on any atom is -0.385 e. The maximum absolute atomic E-state index is 13.6. The lowest BCUT2D eigenvalue weighted by Crippen LogP contribution is -2.48. The second-order valence-corrected chi connectivity index (χ2v) is 12.5. The molecule has 1 saturated heterocycles. The molecule has 6 heteroatoms. The molecule has 1 aromatic carbocycles. The van der Waals surface area contributed by atoms with Gasteiger partial charge < -0.3 is 20.1 Å². The Morgan fingerprint density at radius 3 is 2.81 bits per heavy atom. The van der Waals surface area contributed by atoms with E-state index in [1.165, 1.54) is 42.2 Å². The van der Waals surface area contributed by atoms with Crippen molar-refractivity contribution in [2.24, 2.45) is 17.8 Å². The third-order valence-corrected chi connectivity index (χ3v) is 9.86. The lowest BCUT2D eigenvalue weighted by Gasteiger charge is -2.43. The van der Waals surface area contributed by atoms with E-state index in [0.29, 0.717) is 31.9 Å². The first kappa shape index (κ1) is 28.5. The number of aliphatic hydroxyl groups is 1. The number of thiophene rings is 1. The number of amides is 1. The summed E-state index contributed by atoms with van der Waals surface area (Å²) in [4.78, 5) is 15.7. The lowest BCUT2D eigenvalue weighted by molar-refractivity contribution is -0.137. The maximum atomic E-state index is 13.6. The van der Waals surface area contributed by atoms with Gasteiger partial charge in [-0.2, -0.15) is 0 Å². The second-order valence-electron chi connectivity index (χ2n) is 11.6. The number of fused-ring (bicyclic) bond motifs is 1. The van der Waals surface area contributed by atoms with Crippen molar-refractivity contribution < 1.29 is 14.6 Å². The van der Waals surface area contributed by atoms with E-state index in [9.17, 15) is 9.90 Å². The monoisotopic (exact) mass is 528 g/mol. The van der Waals surface area contributed by atoms with Gasteiger partial charge in [-0.1, -0.05) is 50.3 Å². The highest BCUT2D eigenvalue weighted by Gasteiger charge is 2.42. The van der Waals surface area contributed by atoms with Crippen LogP contribution in [0.3, 0.4) is 0 Å². The van der Waals surface area contributed by atoms with E-state index >= 15 is 0 Å². The SMILES string of the molecule is CNC[C@@H](CC(=O)N1CCC[C@@H]([C@@](O)(CCCCOC)c2cccc3ccsc23)C1)CC1CCCCC1. The quantitative estimate of drug-likeness (QED) is 0.298. The summed E-state index contributed by atoms with van der Waals surface area (Å²) >= 11 is 1.71. The largest absolute Gasteiger partial charge is 0.385 e. The zero-order valence-corrected chi connectivity index (χ0v) is 23.9. The number of benzene rings is 1. The van der Waals surface area contributed by atoms with E-state index in [1.54, 1.807) is 18.4 Å². The van der Waals surface area contributed by atoms with Gasteiger partial charge in [0.25, 0.3) is 0 Å². The van der Waals surface area contributed by atoms with Gasteiger partial charge in [-0.15, -0.1) is 11.3 Å². The van der Waals surface area contributed by atoms with Crippen molar-refractivity contribution >= 4 is 27.3 Å². The Balaban J connectivity index is 1.48. The summed E-state index contributed by atoms with van der Waals surface area (Å²) in [6.07, 6.45) is 12.9. The number of methoxy groups -OCH3 is 1. The van der Waals surface area contributed by atoms with Crippen LogP contribution in [-0.2, 0) is 15.1 Å². The molecule has 2 heterocycles. The van der Waals surface area contributed by atoms with Gasteiger partial charge in [0.05, 0.1) is 5.60 Å². The Kier molecular flexibility index (Phi) is 10.9. The molecule has 1 aliphatic heterocycles. The Hall–Kier alpha value is -1.47. The van der Waals surface area contributed by atoms with Crippen molar-refractivity contribution in [3.05, 3.63) is 35.2 Å². The number of likely N-dealkylation sites (tertiary alicyclic amines) is 1. The highest BCUT2D eigenvalue weighted by Crippen LogP contribution is 2.44. The summed E-state index contributed by atoms with van der Waals surface area (Å²) < 4.78 is 6.47. The van der Waals surface area contributed by atoms with Gasteiger partial charge in [0.2, 0.25) is 5.91 Å². The van der Waals surface area contributed by atoms with Crippen LogP contribution >= 0.6 is 11.3 Å². The summed E-state index contributed by atoms with van der Waals surface area (Å²) in [6.45, 7) is 3.08. The Bertz CT molecular complexity index is 972. The minimum absolute atomic E-state index is 0.0431. The van der Waals surface area contributed by atoms with E-state index in [-0.39, 0.29) is 11.8 Å². The minimum atomic E-state index is -0.941. The fourth-order valence-electron chi connectivity index (χ4n) is 6.92. The molecule has 206 valence electrons. The summed E-state index contributed by atoms with van der Waals surface area (Å²) in [5.74, 6) is 1.49. The predicted octanol–water partition coefficient (Wildman–Crippen LogP) is 6.34. The summed E-state index contributed by atoms with van der Waals surface area (Å²) in [5, 5.41) is 19.1. The fraction of sp³-hybridized carbons (Fsp3) is 0.710. The molecule has 1 aromatic heterocycles. The molecule has 5 nitrogen and oxygen atoms in total. The molecule has 2 N–H and O–H groups in total. The molecule has 4 rings (SSSR count). The first-order valence-electron chi connectivity index (χ1n) is 14.7. The van der Waals surface area contributed by atoms with Crippen LogP contribution in [0.15, 0.2) is 29.6 Å². The molecule has 2 aliphatic rings. The maximum Gasteiger partial charge on any atom is 0.222 e. The van der Waals surface area contributed by atoms with Gasteiger partial charge in [-0.3, -0.25) is 4.79 Å². The van der Waals surface area contributed by atoms with Crippen LogP contribution in [-0.4, -0.2) is 56.3 Å². The Labute approximate surface area is 228 Å². The van der Waals surface area contributed by atoms with Gasteiger partial charge in [-0.25, -0.2) is 0 Å². The Morgan fingerprint density at radius 1 is 1.19 bits per heavy atom. The normalized spacial score (nSPS) is 21.7. The lowest BCUT2D eigenvalue weighted by atomic mass is 9.73. The second kappa shape index (κ2) is 14.1. The number of carbonyl (C=O) groups excluding carboxylic acids is 1. The molecular formula is C31H48N2O3S. The highest BCUT2D eigenvalue weighted by atomic mass is 32.1. The van der Waals surface area contributed by atoms with E-state index in [2.05, 4.69) is 39.9 Å². The van der Waals surface area contributed by atoms with Crippen LogP contribution in [0.25, 0.3) is 10.1 Å². The molecule has 37 heavy (non-hydrogen) atoms. The summed E-state index contributed by atoms with van der Waals surface area (Å²) in [6, 6.07) is 8.46. The molecule has 0 bridgehead atoms. The van der Waals surface area contributed by atoms with E-state index < -0.39 is 5.60 Å². The molecule has 1 saturated carbocycles. The van der Waals surface area contributed by atoms with Crippen LogP contribution in [0.1, 0.15) is 82.6 Å². The van der Waals surface area contributed by atoms with Crippen molar-refractivity contribution in [2.45, 2.75) is 82.7 Å². The number of piperidine rings is 1. The third kappa shape index (κ3) is 7.35. The molecule has 0 unspecified atom stereocenters. The Morgan fingerprint density at radius 2 is 2.03 bits per heavy atom. The molecule has 0 spiro atoms. The fourth-order valence-corrected chi connectivity index (χ4v) is 7.92. The average molecular weight is 529 g/mol. The van der Waals surface area contributed by atoms with Gasteiger partial charge in [0.15, 0.2) is 0 Å². The molecule has 0 radical (unpaired) electrons. The van der Waals surface area contributed by atoms with Crippen LogP contribution < -0.4 is 5.32 Å². The number of rotatable bonds is 13. The van der Waals surface area contributed by atoms with Gasteiger partial charge >= 0.3 is 0 Å². The number of nitrogens with zero attached hydrogens (tertiary/aromatic N) is 1. The van der Waals surface area contributed by atoms with Gasteiger partial charge in [0, 0.05) is 49.4 Å². The number of hydrogen-bond donors (Lipinski definition) is 2. The van der Waals surface area contributed by atoms with E-state index in [4.69, 9.17) is 4.74 Å². The highest BCUT2D eigenvalue weighted by molar-refractivity contribution is 7.17. The van der Waals surface area contributed by atoms with Crippen LogP contribution in [0.2, 0.25) is 0 Å². The summed E-state index contributed by atoms with van der Waals surface area (Å²) in [7, 11) is 3.74. The van der Waals surface area contributed by atoms with Crippen LogP contribution in [0.4, 0.5) is 0 Å². The molecule has 2 aromatic rings. The van der Waals surface area contributed by atoms with Crippen molar-refractivity contribution in [2.75, 3.05) is 40.4 Å². The standard InChI is InChI=1S/C31H48N2O3S/c1-32-22-25(20-24-10-4-3-5-11-24)21-29(34)33-17-9-13-27(23-33)31(35,16-6-7-18-36-2)28-14-8-12-26-15-19-37-30(26)28/h8,12,14-15,19,24-25,27,32,35H,3-7,9-11,13,16-18,20-23H2,1-2H3/t25-,27-,31+/m1/s1. The predicted molar refractivity (Wildman–Crippen MR) is 154 cm³/mol. The zero-order chi connectivity index (χ0) is 26.1. The molecule has 2 fully saturated rings. The third-order valence-electron chi connectivity index (χ3n) is 8.90. The van der Waals surface area contributed by atoms with Crippen LogP contribution in [0.5, 0.6) is 0 Å². The smallest absolute Gasteiger partial charge is 0.222 e. The molecular weight excluding hydrogens is 480 g/mol. The van der Waals surface area contributed by atoms with Gasteiger partial charge in [-0.05, 0) is 80.8 Å².